The predicted molar refractivity (Wildman–Crippen MR) is 79.3 cm³/mol. The van der Waals surface area contributed by atoms with Crippen LogP contribution in [0, 0.1) is 6.92 Å². The Balaban J connectivity index is 2.11. The summed E-state index contributed by atoms with van der Waals surface area (Å²) >= 11 is 0. The average Bonchev–Trinajstić information content (AvgIpc) is 2.44. The van der Waals surface area contributed by atoms with Crippen LogP contribution in [0.2, 0.25) is 0 Å². The summed E-state index contributed by atoms with van der Waals surface area (Å²) in [4.78, 5) is 10.9. The Morgan fingerprint density at radius 1 is 1.20 bits per heavy atom. The fourth-order valence-electron chi connectivity index (χ4n) is 2.21. The smallest absolute Gasteiger partial charge is 0.138 e. The molecule has 4 heteroatoms. The fourth-order valence-corrected chi connectivity index (χ4v) is 2.21. The minimum Gasteiger partial charge on any atom is -0.506 e. The minimum absolute atomic E-state index is 0.267. The Labute approximate surface area is 120 Å². The van der Waals surface area contributed by atoms with E-state index in [1.807, 2.05) is 25.3 Å². The maximum Gasteiger partial charge on any atom is 0.138 e. The summed E-state index contributed by atoms with van der Waals surface area (Å²) in [5.41, 5.74) is 2.84. The summed E-state index contributed by atoms with van der Waals surface area (Å²) in [7, 11) is 0. The molecule has 0 saturated heterocycles. The number of nitrogens with zero attached hydrogens (tertiary/aromatic N) is 3. The molecule has 0 aromatic carbocycles. The van der Waals surface area contributed by atoms with Gasteiger partial charge in [0.1, 0.15) is 5.75 Å². The maximum absolute atomic E-state index is 9.92. The molecule has 2 heterocycles. The first-order valence-corrected chi connectivity index (χ1v) is 6.95. The van der Waals surface area contributed by atoms with Crippen molar-refractivity contribution >= 4 is 0 Å². The molecule has 0 amide bonds. The third-order valence-electron chi connectivity index (χ3n) is 3.13. The van der Waals surface area contributed by atoms with Crippen LogP contribution in [0.25, 0.3) is 0 Å². The summed E-state index contributed by atoms with van der Waals surface area (Å²) in [5.74, 6) is 0.267. The Morgan fingerprint density at radius 3 is 2.75 bits per heavy atom. The molecule has 2 aromatic heterocycles. The summed E-state index contributed by atoms with van der Waals surface area (Å²) in [6.45, 7) is 6.52. The zero-order valence-corrected chi connectivity index (χ0v) is 12.1. The Bertz CT molecular complexity index is 543. The van der Waals surface area contributed by atoms with Gasteiger partial charge in [-0.1, -0.05) is 13.0 Å². The second kappa shape index (κ2) is 7.01. The van der Waals surface area contributed by atoms with Crippen LogP contribution >= 0.6 is 0 Å². The van der Waals surface area contributed by atoms with E-state index in [1.165, 1.54) is 5.56 Å². The van der Waals surface area contributed by atoms with Gasteiger partial charge >= 0.3 is 0 Å². The van der Waals surface area contributed by atoms with Crippen LogP contribution in [0.5, 0.6) is 5.75 Å². The van der Waals surface area contributed by atoms with Crippen LogP contribution in [0.15, 0.2) is 36.7 Å². The lowest BCUT2D eigenvalue weighted by molar-refractivity contribution is 0.250. The zero-order chi connectivity index (χ0) is 14.4. The van der Waals surface area contributed by atoms with E-state index in [4.69, 9.17) is 0 Å². The summed E-state index contributed by atoms with van der Waals surface area (Å²) in [6, 6.07) is 7.55. The molecule has 2 aromatic rings. The molecule has 0 atom stereocenters. The highest BCUT2D eigenvalue weighted by atomic mass is 16.3. The number of aromatic nitrogens is 2. The number of aryl methyl sites for hydroxylation is 1. The van der Waals surface area contributed by atoms with Gasteiger partial charge in [0.15, 0.2) is 0 Å². The van der Waals surface area contributed by atoms with E-state index in [9.17, 15) is 5.11 Å². The van der Waals surface area contributed by atoms with E-state index in [0.717, 1.165) is 30.9 Å². The van der Waals surface area contributed by atoms with Gasteiger partial charge < -0.3 is 5.11 Å². The maximum atomic E-state index is 9.92. The molecule has 4 nitrogen and oxygen atoms in total. The van der Waals surface area contributed by atoms with E-state index in [-0.39, 0.29) is 5.75 Å². The number of hydrogen-bond donors (Lipinski definition) is 1. The van der Waals surface area contributed by atoms with Crippen LogP contribution in [-0.2, 0) is 13.1 Å². The number of hydrogen-bond acceptors (Lipinski definition) is 4. The van der Waals surface area contributed by atoms with Crippen LogP contribution in [0.4, 0.5) is 0 Å². The van der Waals surface area contributed by atoms with Crippen molar-refractivity contribution in [2.75, 3.05) is 6.54 Å². The molecule has 0 aliphatic rings. The molecule has 0 spiro atoms. The lowest BCUT2D eigenvalue weighted by Crippen LogP contribution is -2.24. The van der Waals surface area contributed by atoms with Crippen LogP contribution in [0.3, 0.4) is 0 Å². The van der Waals surface area contributed by atoms with Gasteiger partial charge in [0, 0.05) is 31.2 Å². The lowest BCUT2D eigenvalue weighted by Gasteiger charge is -2.21. The summed E-state index contributed by atoms with van der Waals surface area (Å²) in [5, 5.41) is 9.92. The van der Waals surface area contributed by atoms with Crippen LogP contribution < -0.4 is 0 Å². The SMILES string of the molecule is CCCN(Cc1cccnc1)Cc1nc(C)ccc1O. The molecule has 1 N–H and O–H groups in total. The molecule has 2 rings (SSSR count). The number of aromatic hydroxyl groups is 1. The van der Waals surface area contributed by atoms with Crippen molar-refractivity contribution in [2.45, 2.75) is 33.4 Å². The van der Waals surface area contributed by atoms with Crippen molar-refractivity contribution in [3.63, 3.8) is 0 Å². The Morgan fingerprint density at radius 2 is 2.05 bits per heavy atom. The Hall–Kier alpha value is -1.94. The molecule has 0 aliphatic heterocycles. The van der Waals surface area contributed by atoms with Gasteiger partial charge in [0.25, 0.3) is 0 Å². The molecule has 106 valence electrons. The Kier molecular flexibility index (Phi) is 5.07. The van der Waals surface area contributed by atoms with E-state index < -0.39 is 0 Å². The van der Waals surface area contributed by atoms with Crippen molar-refractivity contribution in [3.05, 3.63) is 53.6 Å². The van der Waals surface area contributed by atoms with Gasteiger partial charge in [0.05, 0.1) is 5.69 Å². The second-order valence-corrected chi connectivity index (χ2v) is 4.99. The van der Waals surface area contributed by atoms with E-state index in [1.54, 1.807) is 12.3 Å². The van der Waals surface area contributed by atoms with E-state index >= 15 is 0 Å². The van der Waals surface area contributed by atoms with Crippen LogP contribution in [0.1, 0.15) is 30.3 Å². The average molecular weight is 271 g/mol. The molecule has 0 fully saturated rings. The monoisotopic (exact) mass is 271 g/mol. The van der Waals surface area contributed by atoms with Crippen molar-refractivity contribution in [3.8, 4) is 5.75 Å². The van der Waals surface area contributed by atoms with Gasteiger partial charge in [-0.3, -0.25) is 14.9 Å². The van der Waals surface area contributed by atoms with Crippen molar-refractivity contribution in [2.24, 2.45) is 0 Å². The third kappa shape index (κ3) is 4.03. The van der Waals surface area contributed by atoms with E-state index in [0.29, 0.717) is 6.54 Å². The summed E-state index contributed by atoms with van der Waals surface area (Å²) < 4.78 is 0. The van der Waals surface area contributed by atoms with Gasteiger partial charge in [-0.2, -0.15) is 0 Å². The number of pyridine rings is 2. The molecule has 0 radical (unpaired) electrons. The van der Waals surface area contributed by atoms with Crippen molar-refractivity contribution in [1.29, 1.82) is 0 Å². The quantitative estimate of drug-likeness (QED) is 0.877. The second-order valence-electron chi connectivity index (χ2n) is 4.99. The zero-order valence-electron chi connectivity index (χ0n) is 12.1. The highest BCUT2D eigenvalue weighted by Crippen LogP contribution is 2.18. The molecular weight excluding hydrogens is 250 g/mol. The highest BCUT2D eigenvalue weighted by molar-refractivity contribution is 5.27. The molecule has 20 heavy (non-hydrogen) atoms. The molecule has 0 saturated carbocycles. The highest BCUT2D eigenvalue weighted by Gasteiger charge is 2.10. The largest absolute Gasteiger partial charge is 0.506 e. The van der Waals surface area contributed by atoms with Crippen molar-refractivity contribution < 1.29 is 5.11 Å². The molecule has 0 aliphatic carbocycles. The predicted octanol–water partition coefficient (Wildman–Crippen LogP) is 2.90. The molecular formula is C16H21N3O. The first-order chi connectivity index (χ1) is 9.69. The van der Waals surface area contributed by atoms with Crippen LogP contribution in [-0.4, -0.2) is 26.5 Å². The van der Waals surface area contributed by atoms with Gasteiger partial charge in [-0.05, 0) is 43.7 Å². The third-order valence-corrected chi connectivity index (χ3v) is 3.13. The van der Waals surface area contributed by atoms with Gasteiger partial charge in [-0.25, -0.2) is 0 Å². The first kappa shape index (κ1) is 14.5. The van der Waals surface area contributed by atoms with Gasteiger partial charge in [0.2, 0.25) is 0 Å². The standard InChI is InChI=1S/C16H21N3O/c1-3-9-19(11-14-5-4-8-17-10-14)12-15-16(20)7-6-13(2)18-15/h4-8,10,20H,3,9,11-12H2,1-2H3. The first-order valence-electron chi connectivity index (χ1n) is 6.95. The molecule has 0 bridgehead atoms. The minimum atomic E-state index is 0.267. The lowest BCUT2D eigenvalue weighted by atomic mass is 10.2. The number of rotatable bonds is 6. The summed E-state index contributed by atoms with van der Waals surface area (Å²) in [6.07, 6.45) is 4.72. The topological polar surface area (TPSA) is 49.2 Å². The fraction of sp³-hybridized carbons (Fsp3) is 0.375. The van der Waals surface area contributed by atoms with E-state index in [2.05, 4.69) is 27.9 Å². The van der Waals surface area contributed by atoms with Gasteiger partial charge in [-0.15, -0.1) is 0 Å². The normalized spacial score (nSPS) is 10.9. The van der Waals surface area contributed by atoms with Crippen molar-refractivity contribution in [1.82, 2.24) is 14.9 Å². The molecule has 0 unspecified atom stereocenters.